The first-order chi connectivity index (χ1) is 11.1. The quantitative estimate of drug-likeness (QED) is 0.492. The fourth-order valence-electron chi connectivity index (χ4n) is 1.97. The van der Waals surface area contributed by atoms with Gasteiger partial charge in [0.15, 0.2) is 17.3 Å². The van der Waals surface area contributed by atoms with Gasteiger partial charge < -0.3 is 9.47 Å². The van der Waals surface area contributed by atoms with Gasteiger partial charge >= 0.3 is 0 Å². The summed E-state index contributed by atoms with van der Waals surface area (Å²) in [6.45, 7) is 0.234. The largest absolute Gasteiger partial charge is 0.493 e. The number of methoxy groups -OCH3 is 1. The molecular weight excluding hydrogens is 426 g/mol. The van der Waals surface area contributed by atoms with E-state index in [0.29, 0.717) is 22.6 Å². The second-order valence-electron chi connectivity index (χ2n) is 4.62. The van der Waals surface area contributed by atoms with Crippen LogP contribution in [0.5, 0.6) is 11.5 Å². The number of carbonyl (C=O) groups is 1. The minimum atomic E-state index is -0.0328. The van der Waals surface area contributed by atoms with Crippen LogP contribution >= 0.6 is 31.9 Å². The molecule has 0 heterocycles. The number of ether oxygens (including phenoxy) is 2. The molecule has 0 aromatic heterocycles. The van der Waals surface area contributed by atoms with Crippen LogP contribution in [0, 0.1) is 11.3 Å². The van der Waals surface area contributed by atoms with Gasteiger partial charge in [0.05, 0.1) is 24.1 Å². The van der Waals surface area contributed by atoms with Crippen molar-refractivity contribution in [2.24, 2.45) is 0 Å². The van der Waals surface area contributed by atoms with Crippen molar-refractivity contribution in [2.45, 2.75) is 6.61 Å². The Balaban J connectivity index is 2.21. The zero-order chi connectivity index (χ0) is 16.8. The summed E-state index contributed by atoms with van der Waals surface area (Å²) in [4.78, 5) is 11.7. The van der Waals surface area contributed by atoms with Crippen molar-refractivity contribution in [1.29, 1.82) is 5.26 Å². The Morgan fingerprint density at radius 2 is 2.00 bits per heavy atom. The number of alkyl halides is 1. The fourth-order valence-corrected chi connectivity index (χ4v) is 2.66. The van der Waals surface area contributed by atoms with Crippen LogP contribution in [0.2, 0.25) is 0 Å². The summed E-state index contributed by atoms with van der Waals surface area (Å²) >= 11 is 6.48. The van der Waals surface area contributed by atoms with Crippen LogP contribution in [0.4, 0.5) is 0 Å². The monoisotopic (exact) mass is 437 g/mol. The number of halogens is 2. The number of carbonyl (C=O) groups excluding carboxylic acids is 1. The molecule has 2 aromatic rings. The second kappa shape index (κ2) is 8.14. The van der Waals surface area contributed by atoms with Gasteiger partial charge in [-0.1, -0.05) is 37.9 Å². The maximum atomic E-state index is 11.7. The predicted octanol–water partition coefficient (Wildman–Crippen LogP) is 4.49. The highest BCUT2D eigenvalue weighted by Crippen LogP contribution is 2.29. The van der Waals surface area contributed by atoms with Crippen LogP contribution in [0.1, 0.15) is 21.5 Å². The molecular formula is C17H13Br2NO3. The van der Waals surface area contributed by atoms with Crippen LogP contribution in [-0.2, 0) is 6.61 Å². The molecule has 0 radical (unpaired) electrons. The number of rotatable bonds is 6. The number of benzene rings is 2. The highest BCUT2D eigenvalue weighted by molar-refractivity contribution is 9.10. The van der Waals surface area contributed by atoms with Crippen molar-refractivity contribution in [3.05, 3.63) is 57.6 Å². The standard InChI is InChI=1S/C17H13Br2NO3/c1-22-17-7-11(15(21)8-18)3-5-16(17)23-10-12-2-4-14(19)6-13(12)9-20/h2-7H,8,10H2,1H3. The lowest BCUT2D eigenvalue weighted by molar-refractivity contribution is 0.102. The third-order valence-corrected chi connectivity index (χ3v) is 4.19. The molecule has 2 rings (SSSR count). The Morgan fingerprint density at radius 1 is 1.22 bits per heavy atom. The van der Waals surface area contributed by atoms with Crippen molar-refractivity contribution in [2.75, 3.05) is 12.4 Å². The summed E-state index contributed by atoms with van der Waals surface area (Å²) in [6, 6.07) is 12.6. The summed E-state index contributed by atoms with van der Waals surface area (Å²) in [7, 11) is 1.52. The van der Waals surface area contributed by atoms with E-state index in [-0.39, 0.29) is 17.7 Å². The van der Waals surface area contributed by atoms with E-state index in [2.05, 4.69) is 37.9 Å². The van der Waals surface area contributed by atoms with Crippen LogP contribution in [0.3, 0.4) is 0 Å². The van der Waals surface area contributed by atoms with E-state index in [4.69, 9.17) is 9.47 Å². The van der Waals surface area contributed by atoms with E-state index in [1.165, 1.54) is 7.11 Å². The molecule has 23 heavy (non-hydrogen) atoms. The minimum absolute atomic E-state index is 0.0328. The summed E-state index contributed by atoms with van der Waals surface area (Å²) in [5.74, 6) is 0.965. The summed E-state index contributed by atoms with van der Waals surface area (Å²) in [5, 5.41) is 9.42. The molecule has 0 saturated carbocycles. The normalized spacial score (nSPS) is 10.0. The SMILES string of the molecule is COc1cc(C(=O)CBr)ccc1OCc1ccc(Br)cc1C#N. The lowest BCUT2D eigenvalue weighted by Crippen LogP contribution is -2.03. The number of nitrogens with zero attached hydrogens (tertiary/aromatic N) is 1. The molecule has 0 aliphatic heterocycles. The first kappa shape index (κ1) is 17.5. The van der Waals surface area contributed by atoms with E-state index < -0.39 is 0 Å². The lowest BCUT2D eigenvalue weighted by atomic mass is 10.1. The van der Waals surface area contributed by atoms with E-state index >= 15 is 0 Å². The zero-order valence-corrected chi connectivity index (χ0v) is 15.5. The highest BCUT2D eigenvalue weighted by Gasteiger charge is 2.11. The molecule has 0 bridgehead atoms. The van der Waals surface area contributed by atoms with Gasteiger partial charge in [0.2, 0.25) is 0 Å². The van der Waals surface area contributed by atoms with Gasteiger partial charge in [0.1, 0.15) is 6.61 Å². The van der Waals surface area contributed by atoms with Gasteiger partial charge in [-0.25, -0.2) is 0 Å². The molecule has 0 fully saturated rings. The third kappa shape index (κ3) is 4.34. The molecule has 2 aromatic carbocycles. The predicted molar refractivity (Wildman–Crippen MR) is 94.3 cm³/mol. The Kier molecular flexibility index (Phi) is 6.20. The van der Waals surface area contributed by atoms with Gasteiger partial charge in [-0.15, -0.1) is 0 Å². The molecule has 0 N–H and O–H groups in total. The molecule has 0 amide bonds. The van der Waals surface area contributed by atoms with E-state index in [0.717, 1.165) is 10.0 Å². The van der Waals surface area contributed by atoms with Gasteiger partial charge in [-0.3, -0.25) is 4.79 Å². The Labute approximate surface area is 151 Å². The highest BCUT2D eigenvalue weighted by atomic mass is 79.9. The maximum absolute atomic E-state index is 11.7. The smallest absolute Gasteiger partial charge is 0.173 e. The van der Waals surface area contributed by atoms with Crippen molar-refractivity contribution in [1.82, 2.24) is 0 Å². The first-order valence-electron chi connectivity index (χ1n) is 6.67. The minimum Gasteiger partial charge on any atom is -0.493 e. The Hall–Kier alpha value is -1.84. The summed E-state index contributed by atoms with van der Waals surface area (Å²) < 4.78 is 11.9. The summed E-state index contributed by atoms with van der Waals surface area (Å²) in [6.07, 6.45) is 0. The topological polar surface area (TPSA) is 59.3 Å². The number of ketones is 1. The van der Waals surface area contributed by atoms with E-state index in [1.807, 2.05) is 12.1 Å². The fraction of sp³-hybridized carbons (Fsp3) is 0.176. The molecule has 0 atom stereocenters. The average Bonchev–Trinajstić information content (AvgIpc) is 2.59. The van der Waals surface area contributed by atoms with E-state index in [1.54, 1.807) is 24.3 Å². The van der Waals surface area contributed by atoms with Crippen molar-refractivity contribution >= 4 is 37.6 Å². The van der Waals surface area contributed by atoms with Gasteiger partial charge in [0.25, 0.3) is 0 Å². The number of nitriles is 1. The molecule has 0 aliphatic rings. The molecule has 0 aliphatic carbocycles. The Bertz CT molecular complexity index is 769. The molecule has 0 spiro atoms. The van der Waals surface area contributed by atoms with Gasteiger partial charge in [-0.2, -0.15) is 5.26 Å². The molecule has 0 unspecified atom stereocenters. The maximum Gasteiger partial charge on any atom is 0.173 e. The third-order valence-electron chi connectivity index (χ3n) is 3.18. The van der Waals surface area contributed by atoms with Gasteiger partial charge in [0, 0.05) is 15.6 Å². The number of Topliss-reactive ketones (excluding diaryl/α,β-unsaturated/α-hetero) is 1. The average molecular weight is 439 g/mol. The van der Waals surface area contributed by atoms with Gasteiger partial charge in [-0.05, 0) is 30.3 Å². The molecule has 4 nitrogen and oxygen atoms in total. The number of hydrogen-bond donors (Lipinski definition) is 0. The lowest BCUT2D eigenvalue weighted by Gasteiger charge is -2.12. The van der Waals surface area contributed by atoms with Crippen molar-refractivity contribution in [3.8, 4) is 17.6 Å². The van der Waals surface area contributed by atoms with E-state index in [9.17, 15) is 10.1 Å². The van der Waals surface area contributed by atoms with Crippen molar-refractivity contribution < 1.29 is 14.3 Å². The summed E-state index contributed by atoms with van der Waals surface area (Å²) in [5.41, 5.74) is 1.87. The van der Waals surface area contributed by atoms with Crippen LogP contribution in [-0.4, -0.2) is 18.2 Å². The van der Waals surface area contributed by atoms with Crippen LogP contribution in [0.25, 0.3) is 0 Å². The Morgan fingerprint density at radius 3 is 2.65 bits per heavy atom. The molecule has 0 saturated heterocycles. The zero-order valence-electron chi connectivity index (χ0n) is 12.3. The van der Waals surface area contributed by atoms with Crippen molar-refractivity contribution in [3.63, 3.8) is 0 Å². The second-order valence-corrected chi connectivity index (χ2v) is 6.10. The number of hydrogen-bond acceptors (Lipinski definition) is 4. The first-order valence-corrected chi connectivity index (χ1v) is 8.59. The van der Waals surface area contributed by atoms with Crippen LogP contribution < -0.4 is 9.47 Å². The molecule has 118 valence electrons. The molecule has 6 heteroatoms. The van der Waals surface area contributed by atoms with Crippen LogP contribution in [0.15, 0.2) is 40.9 Å².